The van der Waals surface area contributed by atoms with Crippen LogP contribution in [0.3, 0.4) is 0 Å². The van der Waals surface area contributed by atoms with E-state index in [1.54, 1.807) is 24.3 Å². The van der Waals surface area contributed by atoms with Gasteiger partial charge in [-0.2, -0.15) is 0 Å². The van der Waals surface area contributed by atoms with Crippen LogP contribution in [-0.2, 0) is 42.6 Å². The van der Waals surface area contributed by atoms with E-state index < -0.39 is 111 Å². The number of anilines is 1. The fourth-order valence-corrected chi connectivity index (χ4v) is 15.0. The Kier molecular flexibility index (Phi) is 14.6. The van der Waals surface area contributed by atoms with Crippen molar-refractivity contribution in [3.63, 3.8) is 0 Å². The summed E-state index contributed by atoms with van der Waals surface area (Å²) in [5.41, 5.74) is 2.63. The first kappa shape index (κ1) is 52.1. The average Bonchev–Trinajstić information content (AvgIpc) is 3.91. The molecule has 1 aromatic carbocycles. The monoisotopic (exact) mass is 1000 g/mol. The highest BCUT2D eigenvalue weighted by atomic mass is 16.8. The van der Waals surface area contributed by atoms with Gasteiger partial charge in [0.05, 0.1) is 37.1 Å². The van der Waals surface area contributed by atoms with E-state index in [1.807, 2.05) is 19.0 Å². The highest BCUT2D eigenvalue weighted by Crippen LogP contribution is 2.70. The van der Waals surface area contributed by atoms with Crippen LogP contribution in [-0.4, -0.2) is 180 Å². The van der Waals surface area contributed by atoms with E-state index in [4.69, 9.17) is 42.6 Å². The molecule has 0 bridgehead atoms. The van der Waals surface area contributed by atoms with Crippen molar-refractivity contribution < 1.29 is 83.2 Å². The third kappa shape index (κ3) is 9.13. The lowest BCUT2D eigenvalue weighted by molar-refractivity contribution is -0.380. The molecule has 10 rings (SSSR count). The molecule has 3 saturated carbocycles. The Morgan fingerprint density at radius 3 is 2.17 bits per heavy atom. The molecule has 5 heterocycles. The summed E-state index contributed by atoms with van der Waals surface area (Å²) in [6, 6.07) is 6.73. The number of aliphatic hydroxyl groups is 7. The second-order valence-electron chi connectivity index (χ2n) is 23.4. The first-order valence-corrected chi connectivity index (χ1v) is 26.3. The minimum absolute atomic E-state index is 0.0406. The molecular weight excluding hydrogens is 923 g/mol. The lowest BCUT2D eigenvalue weighted by atomic mass is 9.47. The summed E-state index contributed by atoms with van der Waals surface area (Å²) in [7, 11) is 3.75. The van der Waals surface area contributed by atoms with Gasteiger partial charge in [0.2, 0.25) is 0 Å². The van der Waals surface area contributed by atoms with Gasteiger partial charge >= 0.3 is 5.97 Å². The number of rotatable bonds is 11. The predicted octanol–water partition coefficient (Wildman–Crippen LogP) is 2.78. The predicted molar refractivity (Wildman–Crippen MR) is 252 cm³/mol. The summed E-state index contributed by atoms with van der Waals surface area (Å²) >= 11 is 0. The van der Waals surface area contributed by atoms with Crippen molar-refractivity contribution >= 4 is 11.7 Å². The zero-order valence-corrected chi connectivity index (χ0v) is 42.2. The maximum Gasteiger partial charge on any atom is 0.338 e. The summed E-state index contributed by atoms with van der Waals surface area (Å²) < 4.78 is 56.2. The molecule has 398 valence electrons. The minimum atomic E-state index is -1.73. The van der Waals surface area contributed by atoms with Crippen molar-refractivity contribution in [3.8, 4) is 0 Å². The maximum absolute atomic E-state index is 12.9. The lowest BCUT2D eigenvalue weighted by Gasteiger charge is -2.58. The van der Waals surface area contributed by atoms with Gasteiger partial charge in [-0.25, -0.2) is 4.79 Å². The number of carbonyl (C=O) groups is 1. The molecule has 9 aliphatic rings. The number of nitrogens with zero attached hydrogens (tertiary/aromatic N) is 1. The molecule has 0 aromatic heterocycles. The van der Waals surface area contributed by atoms with E-state index in [1.165, 1.54) is 12.5 Å². The van der Waals surface area contributed by atoms with E-state index in [0.717, 1.165) is 57.2 Å². The van der Waals surface area contributed by atoms with Gasteiger partial charge in [-0.15, -0.1) is 0 Å². The van der Waals surface area contributed by atoms with Crippen molar-refractivity contribution in [3.05, 3.63) is 41.5 Å². The highest BCUT2D eigenvalue weighted by Gasteiger charge is 2.69. The molecule has 25 atom stereocenters. The maximum atomic E-state index is 12.9. The molecule has 4 aliphatic carbocycles. The van der Waals surface area contributed by atoms with Gasteiger partial charge in [0.1, 0.15) is 67.6 Å². The van der Waals surface area contributed by atoms with Crippen LogP contribution in [0.5, 0.6) is 0 Å². The first-order chi connectivity index (χ1) is 33.8. The third-order valence-corrected chi connectivity index (χ3v) is 19.2. The third-order valence-electron chi connectivity index (χ3n) is 19.2. The van der Waals surface area contributed by atoms with E-state index >= 15 is 0 Å². The summed E-state index contributed by atoms with van der Waals surface area (Å²) in [6.45, 7) is 10.8. The molecule has 5 aliphatic heterocycles. The van der Waals surface area contributed by atoms with Gasteiger partial charge < -0.3 is 83.3 Å². The quantitative estimate of drug-likeness (QED) is 0.125. The fourth-order valence-electron chi connectivity index (χ4n) is 15.0. The lowest BCUT2D eigenvalue weighted by Crippen LogP contribution is -2.65. The molecule has 8 fully saturated rings. The van der Waals surface area contributed by atoms with Crippen LogP contribution in [0.15, 0.2) is 35.9 Å². The number of esters is 1. The van der Waals surface area contributed by atoms with E-state index in [0.29, 0.717) is 48.3 Å². The van der Waals surface area contributed by atoms with Crippen LogP contribution in [0.1, 0.15) is 103 Å². The van der Waals surface area contributed by atoms with Crippen molar-refractivity contribution in [2.45, 2.75) is 196 Å². The first-order valence-electron chi connectivity index (χ1n) is 26.3. The number of hydrogen-bond acceptors (Lipinski definition) is 18. The Morgan fingerprint density at radius 2 is 1.46 bits per heavy atom. The number of benzene rings is 1. The molecule has 18 heteroatoms. The van der Waals surface area contributed by atoms with Crippen LogP contribution in [0, 0.1) is 46.3 Å². The number of ether oxygens (including phenoxy) is 9. The van der Waals surface area contributed by atoms with E-state index in [9.17, 15) is 40.5 Å². The van der Waals surface area contributed by atoms with Crippen LogP contribution >= 0.6 is 0 Å². The average molecular weight is 1000 g/mol. The number of hydrogen-bond donors (Lipinski definition) is 7. The normalized spacial score (nSPS) is 50.4. The van der Waals surface area contributed by atoms with Gasteiger partial charge in [0.15, 0.2) is 24.7 Å². The van der Waals surface area contributed by atoms with Crippen LogP contribution in [0.2, 0.25) is 0 Å². The molecule has 5 saturated heterocycles. The fraction of sp³-hybridized carbons (Fsp3) is 0.830. The van der Waals surface area contributed by atoms with Gasteiger partial charge in [-0.05, 0) is 123 Å². The molecule has 7 N–H and O–H groups in total. The summed E-state index contributed by atoms with van der Waals surface area (Å²) in [5, 5.41) is 77.3. The largest absolute Gasteiger partial charge is 0.459 e. The second kappa shape index (κ2) is 20.0. The molecule has 0 amide bonds. The molecule has 71 heavy (non-hydrogen) atoms. The van der Waals surface area contributed by atoms with Crippen LogP contribution in [0.4, 0.5) is 5.69 Å². The van der Waals surface area contributed by atoms with Crippen LogP contribution < -0.4 is 4.90 Å². The van der Waals surface area contributed by atoms with Crippen molar-refractivity contribution in [1.82, 2.24) is 0 Å². The van der Waals surface area contributed by atoms with Gasteiger partial charge in [-0.3, -0.25) is 0 Å². The van der Waals surface area contributed by atoms with Crippen LogP contribution in [0.25, 0.3) is 0 Å². The van der Waals surface area contributed by atoms with E-state index in [2.05, 4.69) is 33.8 Å². The Balaban J connectivity index is 0.823. The van der Waals surface area contributed by atoms with Gasteiger partial charge in [0, 0.05) is 32.1 Å². The Hall–Kier alpha value is -2.37. The number of aliphatic hydroxyl groups excluding tert-OH is 7. The summed E-state index contributed by atoms with van der Waals surface area (Å²) in [4.78, 5) is 14.8. The molecular formula is C53H79NO17. The zero-order valence-electron chi connectivity index (χ0n) is 42.2. The Labute approximate surface area is 416 Å². The number of fused-ring (bicyclic) bond motifs is 7. The summed E-state index contributed by atoms with van der Waals surface area (Å²) in [5.74, 6) is 1.87. The topological polar surface area (TPSA) is 245 Å². The molecule has 0 radical (unpaired) electrons. The molecule has 18 nitrogen and oxygen atoms in total. The van der Waals surface area contributed by atoms with Crippen molar-refractivity contribution in [2.24, 2.45) is 46.3 Å². The Morgan fingerprint density at radius 1 is 0.761 bits per heavy atom. The van der Waals surface area contributed by atoms with E-state index in [-0.39, 0.29) is 28.6 Å². The van der Waals surface area contributed by atoms with Crippen molar-refractivity contribution in [2.75, 3.05) is 38.8 Å². The minimum Gasteiger partial charge on any atom is -0.459 e. The molecule has 5 unspecified atom stereocenters. The molecule has 1 spiro atoms. The Bertz CT molecular complexity index is 2070. The summed E-state index contributed by atoms with van der Waals surface area (Å²) in [6.07, 6.45) is -9.76. The smallest absolute Gasteiger partial charge is 0.338 e. The van der Waals surface area contributed by atoms with Gasteiger partial charge in [0.25, 0.3) is 0 Å². The highest BCUT2D eigenvalue weighted by molar-refractivity contribution is 5.89. The zero-order chi connectivity index (χ0) is 50.5. The SMILES string of the molecule is C[C@@H]1CC[C@@]2(OC1)OC1CC3C4CC=C5C[C@@H](O[C@@H]6O[C@H](CO)[C@@H](O[C@H]7O[C@@H](COC(=O)c8ccc(N(C)C)cc8)[C@H](O)[C@H]7O)[C@H](O)[C@H]6O[C@H]6O[C@@H](C)[C@H](O)[C@@H](O)[C@H]6O)CC[C@]5(C)C4CC[C@]3(C)C1[C@@H]2C. The second-order valence-corrected chi connectivity index (χ2v) is 23.4. The number of allylic oxidation sites excluding steroid dienone is 1. The standard InChI is InChI=1S/C53H79NO17/c1-25-14-19-53(64-23-25)26(2)38-35(71-53)21-34-32-13-10-29-20-31(15-17-51(29,4)33(32)16-18-52(34,38)5)66-50-46(70-48-43(60)41(58)39(56)27(3)65-48)44(61)45(36(22-55)67-50)69-49-42(59)40(57)37(68-49)24-63-47(62)28-8-11-30(12-9-28)54(6)7/h8-12,25-27,31-46,48-50,55-61H,13-24H2,1-7H3/t25-,26+,27+,31+,32?,33?,34?,35?,36-,37+,38?,39+,40+,41-,42-,43-,44+,45-,46-,48-,49-,50-,51+,52+,53-/m1/s1. The number of carbonyl (C=O) groups excluding carboxylic acids is 1. The molecule has 1 aromatic rings. The van der Waals surface area contributed by atoms with Crippen molar-refractivity contribution in [1.29, 1.82) is 0 Å². The van der Waals surface area contributed by atoms with Gasteiger partial charge in [-0.1, -0.05) is 39.3 Å².